The lowest BCUT2D eigenvalue weighted by molar-refractivity contribution is -0.133. The number of aliphatic imine (C=N–C) groups is 1. The molecule has 1 heterocycles. The van der Waals surface area contributed by atoms with Crippen LogP contribution in [0.4, 0.5) is 5.69 Å². The number of benzene rings is 2. The molecule has 1 unspecified atom stereocenters. The van der Waals surface area contributed by atoms with Gasteiger partial charge in [-0.25, -0.2) is 9.79 Å². The zero-order valence-electron chi connectivity index (χ0n) is 13.7. The molecule has 3 rings (SSSR count). The number of Topliss-reactive ketones (excluding diaryl/α,β-unsaturated/α-hetero) is 1. The van der Waals surface area contributed by atoms with E-state index in [1.807, 2.05) is 30.3 Å². The molecule has 2 aromatic rings. The maximum absolute atomic E-state index is 13.1. The van der Waals surface area contributed by atoms with E-state index in [0.717, 1.165) is 5.56 Å². The minimum absolute atomic E-state index is 0.193. The Hall–Kier alpha value is -2.95. The van der Waals surface area contributed by atoms with Gasteiger partial charge in [-0.05, 0) is 36.2 Å². The Morgan fingerprint density at radius 2 is 1.79 bits per heavy atom. The number of esters is 1. The molecule has 24 heavy (non-hydrogen) atoms. The molecule has 122 valence electrons. The molecule has 0 N–H and O–H groups in total. The van der Waals surface area contributed by atoms with E-state index in [1.54, 1.807) is 32.2 Å². The third-order valence-electron chi connectivity index (χ3n) is 4.37. The largest absolute Gasteiger partial charge is 0.497 e. The van der Waals surface area contributed by atoms with Crippen LogP contribution in [-0.2, 0) is 19.7 Å². The van der Waals surface area contributed by atoms with Crippen LogP contribution >= 0.6 is 0 Å². The van der Waals surface area contributed by atoms with Gasteiger partial charge in [0.2, 0.25) is 5.78 Å². The number of ether oxygens (including phenoxy) is 2. The first-order chi connectivity index (χ1) is 11.5. The standard InChI is InChI=1S/C19H17NO4/c1-19(12-7-5-4-6-8-12)14-11-13(23-2)9-10-15(14)20-16(17(19)21)18(22)24-3/h4-11H,1-3H3. The van der Waals surface area contributed by atoms with Crippen LogP contribution in [-0.4, -0.2) is 31.7 Å². The summed E-state index contributed by atoms with van der Waals surface area (Å²) in [7, 11) is 2.80. The van der Waals surface area contributed by atoms with Crippen LogP contribution in [0, 0.1) is 0 Å². The zero-order valence-corrected chi connectivity index (χ0v) is 13.7. The summed E-state index contributed by atoms with van der Waals surface area (Å²) < 4.78 is 10.0. The SMILES string of the molecule is COC(=O)C1=Nc2ccc(OC)cc2C(C)(c2ccccc2)C1=O. The summed E-state index contributed by atoms with van der Waals surface area (Å²) in [6, 6.07) is 14.6. The zero-order chi connectivity index (χ0) is 17.3. The minimum atomic E-state index is -1.05. The van der Waals surface area contributed by atoms with Gasteiger partial charge < -0.3 is 9.47 Å². The van der Waals surface area contributed by atoms with Gasteiger partial charge in [-0.15, -0.1) is 0 Å². The fraction of sp³-hybridized carbons (Fsp3) is 0.211. The van der Waals surface area contributed by atoms with Crippen molar-refractivity contribution in [1.82, 2.24) is 0 Å². The molecule has 1 aliphatic heterocycles. The molecular weight excluding hydrogens is 306 g/mol. The Labute approximate surface area is 139 Å². The summed E-state index contributed by atoms with van der Waals surface area (Å²) in [4.78, 5) is 29.4. The molecule has 0 amide bonds. The number of carbonyl (C=O) groups is 2. The molecule has 1 aliphatic rings. The summed E-state index contributed by atoms with van der Waals surface area (Å²) >= 11 is 0. The molecule has 0 fully saturated rings. The molecule has 0 bridgehead atoms. The van der Waals surface area contributed by atoms with E-state index >= 15 is 0 Å². The van der Waals surface area contributed by atoms with Crippen molar-refractivity contribution in [1.29, 1.82) is 0 Å². The molecule has 0 aromatic heterocycles. The second kappa shape index (κ2) is 5.92. The van der Waals surface area contributed by atoms with Crippen molar-refractivity contribution in [3.8, 4) is 5.75 Å². The van der Waals surface area contributed by atoms with Crippen LogP contribution in [0.25, 0.3) is 0 Å². The fourth-order valence-corrected chi connectivity index (χ4v) is 2.96. The van der Waals surface area contributed by atoms with Crippen molar-refractivity contribution in [3.05, 3.63) is 59.7 Å². The van der Waals surface area contributed by atoms with Crippen LogP contribution in [0.15, 0.2) is 53.5 Å². The average Bonchev–Trinajstić information content (AvgIpc) is 2.64. The first-order valence-corrected chi connectivity index (χ1v) is 7.48. The average molecular weight is 323 g/mol. The van der Waals surface area contributed by atoms with Gasteiger partial charge in [-0.3, -0.25) is 4.79 Å². The van der Waals surface area contributed by atoms with Crippen molar-refractivity contribution in [3.63, 3.8) is 0 Å². The number of methoxy groups -OCH3 is 2. The molecule has 2 aromatic carbocycles. The molecule has 0 radical (unpaired) electrons. The molecule has 0 spiro atoms. The second-order valence-corrected chi connectivity index (χ2v) is 5.66. The first-order valence-electron chi connectivity index (χ1n) is 7.48. The second-order valence-electron chi connectivity index (χ2n) is 5.66. The lowest BCUT2D eigenvalue weighted by atomic mass is 9.69. The lowest BCUT2D eigenvalue weighted by Gasteiger charge is -2.33. The van der Waals surface area contributed by atoms with Crippen LogP contribution in [0.3, 0.4) is 0 Å². The normalized spacial score (nSPS) is 19.3. The smallest absolute Gasteiger partial charge is 0.360 e. The van der Waals surface area contributed by atoms with Gasteiger partial charge in [0.15, 0.2) is 5.71 Å². The quantitative estimate of drug-likeness (QED) is 0.815. The van der Waals surface area contributed by atoms with Crippen LogP contribution in [0.2, 0.25) is 0 Å². The maximum Gasteiger partial charge on any atom is 0.360 e. The number of carbonyl (C=O) groups excluding carboxylic acids is 2. The molecule has 0 saturated heterocycles. The predicted molar refractivity (Wildman–Crippen MR) is 90.0 cm³/mol. The van der Waals surface area contributed by atoms with Gasteiger partial charge in [0, 0.05) is 0 Å². The van der Waals surface area contributed by atoms with E-state index in [9.17, 15) is 9.59 Å². The third kappa shape index (κ3) is 2.29. The van der Waals surface area contributed by atoms with Gasteiger partial charge in [0.25, 0.3) is 0 Å². The predicted octanol–water partition coefficient (Wildman–Crippen LogP) is 2.83. The number of rotatable bonds is 3. The first kappa shape index (κ1) is 15.9. The highest BCUT2D eigenvalue weighted by molar-refractivity contribution is 6.67. The topological polar surface area (TPSA) is 65.0 Å². The van der Waals surface area contributed by atoms with E-state index in [1.165, 1.54) is 7.11 Å². The molecule has 5 nitrogen and oxygen atoms in total. The number of fused-ring (bicyclic) bond motifs is 1. The van der Waals surface area contributed by atoms with E-state index in [4.69, 9.17) is 9.47 Å². The van der Waals surface area contributed by atoms with Gasteiger partial charge in [0.05, 0.1) is 25.3 Å². The van der Waals surface area contributed by atoms with Gasteiger partial charge in [-0.1, -0.05) is 30.3 Å². The summed E-state index contributed by atoms with van der Waals surface area (Å²) in [5.41, 5.74) is 0.798. The van der Waals surface area contributed by atoms with Crippen molar-refractivity contribution in [2.75, 3.05) is 14.2 Å². The lowest BCUT2D eigenvalue weighted by Crippen LogP contribution is -2.44. The van der Waals surface area contributed by atoms with Crippen LogP contribution in [0.1, 0.15) is 18.1 Å². The Balaban J connectivity index is 2.31. The molecule has 1 atom stereocenters. The summed E-state index contributed by atoms with van der Waals surface area (Å²) in [5.74, 6) is -0.495. The van der Waals surface area contributed by atoms with E-state index in [0.29, 0.717) is 17.0 Å². The molecule has 0 aliphatic carbocycles. The number of nitrogens with zero attached hydrogens (tertiary/aromatic N) is 1. The van der Waals surface area contributed by atoms with Crippen molar-refractivity contribution < 1.29 is 19.1 Å². The number of ketones is 1. The summed E-state index contributed by atoms with van der Waals surface area (Å²) in [5, 5.41) is 0. The third-order valence-corrected chi connectivity index (χ3v) is 4.37. The van der Waals surface area contributed by atoms with E-state index in [-0.39, 0.29) is 11.5 Å². The van der Waals surface area contributed by atoms with Crippen molar-refractivity contribution >= 4 is 23.2 Å². The van der Waals surface area contributed by atoms with Crippen LogP contribution < -0.4 is 4.74 Å². The van der Waals surface area contributed by atoms with Gasteiger partial charge >= 0.3 is 5.97 Å². The Kier molecular flexibility index (Phi) is 3.93. The Morgan fingerprint density at radius 3 is 2.42 bits per heavy atom. The Morgan fingerprint density at radius 1 is 1.08 bits per heavy atom. The van der Waals surface area contributed by atoms with Crippen LogP contribution in [0.5, 0.6) is 5.75 Å². The van der Waals surface area contributed by atoms with E-state index in [2.05, 4.69) is 4.99 Å². The molecular formula is C19H17NO4. The van der Waals surface area contributed by atoms with Gasteiger partial charge in [0.1, 0.15) is 5.75 Å². The highest BCUT2D eigenvalue weighted by atomic mass is 16.5. The monoisotopic (exact) mass is 323 g/mol. The van der Waals surface area contributed by atoms with Crippen molar-refractivity contribution in [2.45, 2.75) is 12.3 Å². The minimum Gasteiger partial charge on any atom is -0.497 e. The summed E-state index contributed by atoms with van der Waals surface area (Å²) in [6.45, 7) is 1.79. The summed E-state index contributed by atoms with van der Waals surface area (Å²) in [6.07, 6.45) is 0. The highest BCUT2D eigenvalue weighted by Gasteiger charge is 2.46. The number of hydrogen-bond donors (Lipinski definition) is 0. The molecule has 5 heteroatoms. The van der Waals surface area contributed by atoms with Gasteiger partial charge in [-0.2, -0.15) is 0 Å². The number of hydrogen-bond acceptors (Lipinski definition) is 5. The molecule has 0 saturated carbocycles. The van der Waals surface area contributed by atoms with E-state index < -0.39 is 11.4 Å². The maximum atomic E-state index is 13.1. The highest BCUT2D eigenvalue weighted by Crippen LogP contribution is 2.43. The Bertz CT molecular complexity index is 842. The fourth-order valence-electron chi connectivity index (χ4n) is 2.96. The van der Waals surface area contributed by atoms with Crippen molar-refractivity contribution in [2.24, 2.45) is 4.99 Å².